The van der Waals surface area contributed by atoms with Gasteiger partial charge in [-0.25, -0.2) is 0 Å². The quantitative estimate of drug-likeness (QED) is 0.881. The first-order valence-corrected chi connectivity index (χ1v) is 6.74. The van der Waals surface area contributed by atoms with Gasteiger partial charge >= 0.3 is 0 Å². The van der Waals surface area contributed by atoms with Crippen molar-refractivity contribution in [1.29, 1.82) is 0 Å². The summed E-state index contributed by atoms with van der Waals surface area (Å²) in [6.45, 7) is 6.92. The number of benzene rings is 1. The van der Waals surface area contributed by atoms with Crippen LogP contribution in [0.4, 0.5) is 0 Å². The largest absolute Gasteiger partial charge is 0.370 e. The highest BCUT2D eigenvalue weighted by atomic mass is 16.5. The van der Waals surface area contributed by atoms with Crippen molar-refractivity contribution >= 4 is 5.91 Å². The maximum Gasteiger partial charge on any atom is 0.239 e. The topological polar surface area (TPSA) is 55.6 Å². The molecule has 1 fully saturated rings. The van der Waals surface area contributed by atoms with Gasteiger partial charge in [0.1, 0.15) is 6.10 Å². The van der Waals surface area contributed by atoms with Crippen LogP contribution >= 0.6 is 0 Å². The zero-order valence-electron chi connectivity index (χ0n) is 11.8. The van der Waals surface area contributed by atoms with E-state index in [1.807, 2.05) is 24.0 Å². The Kier molecular flexibility index (Phi) is 4.22. The number of ether oxygens (including phenoxy) is 1. The van der Waals surface area contributed by atoms with E-state index in [4.69, 9.17) is 10.5 Å². The summed E-state index contributed by atoms with van der Waals surface area (Å²) in [5.74, 6) is -0.00520. The molecule has 0 bridgehead atoms. The Balaban J connectivity index is 2.18. The maximum absolute atomic E-state index is 12.1. The van der Waals surface area contributed by atoms with Crippen LogP contribution in [-0.2, 0) is 9.53 Å². The van der Waals surface area contributed by atoms with Gasteiger partial charge in [-0.15, -0.1) is 0 Å². The molecule has 1 saturated heterocycles. The third kappa shape index (κ3) is 2.96. The van der Waals surface area contributed by atoms with Crippen molar-refractivity contribution < 1.29 is 9.53 Å². The standard InChI is InChI=1S/C15H22N2O2/c1-10-6-4-5-7-13(10)14-8-17(11(2)9-19-14)15(18)12(3)16/h4-7,11-12,14H,8-9,16H2,1-3H3/t11-,12-,14-/m1/s1. The summed E-state index contributed by atoms with van der Waals surface area (Å²) < 4.78 is 5.88. The lowest BCUT2D eigenvalue weighted by Gasteiger charge is -2.39. The van der Waals surface area contributed by atoms with Crippen LogP contribution in [0.5, 0.6) is 0 Å². The van der Waals surface area contributed by atoms with Gasteiger partial charge in [0, 0.05) is 0 Å². The van der Waals surface area contributed by atoms with E-state index in [-0.39, 0.29) is 18.1 Å². The first kappa shape index (κ1) is 14.0. The number of nitrogens with zero attached hydrogens (tertiary/aromatic N) is 1. The SMILES string of the molecule is Cc1ccccc1[C@H]1CN(C(=O)[C@@H](C)N)[C@H](C)CO1. The second-order valence-electron chi connectivity index (χ2n) is 5.31. The highest BCUT2D eigenvalue weighted by molar-refractivity contribution is 5.81. The molecular formula is C15H22N2O2. The fraction of sp³-hybridized carbons (Fsp3) is 0.533. The summed E-state index contributed by atoms with van der Waals surface area (Å²) in [6.07, 6.45) is -0.0555. The normalized spacial score (nSPS) is 25.2. The van der Waals surface area contributed by atoms with Crippen LogP contribution < -0.4 is 5.73 Å². The number of hydrogen-bond acceptors (Lipinski definition) is 3. The van der Waals surface area contributed by atoms with Crippen LogP contribution in [0.15, 0.2) is 24.3 Å². The lowest BCUT2D eigenvalue weighted by Crippen LogP contribution is -2.52. The van der Waals surface area contributed by atoms with Crippen LogP contribution in [0.25, 0.3) is 0 Å². The van der Waals surface area contributed by atoms with E-state index < -0.39 is 6.04 Å². The summed E-state index contributed by atoms with van der Waals surface area (Å²) in [4.78, 5) is 14.0. The fourth-order valence-corrected chi connectivity index (χ4v) is 2.46. The van der Waals surface area contributed by atoms with Gasteiger partial charge in [0.2, 0.25) is 5.91 Å². The van der Waals surface area contributed by atoms with Crippen molar-refractivity contribution in [3.05, 3.63) is 35.4 Å². The zero-order chi connectivity index (χ0) is 14.0. The number of rotatable bonds is 2. The Labute approximate surface area is 114 Å². The number of nitrogens with two attached hydrogens (primary N) is 1. The molecule has 1 aliphatic heterocycles. The molecule has 2 N–H and O–H groups in total. The van der Waals surface area contributed by atoms with Crippen LogP contribution in [0.1, 0.15) is 31.1 Å². The third-order valence-corrected chi connectivity index (χ3v) is 3.64. The van der Waals surface area contributed by atoms with Gasteiger partial charge in [-0.3, -0.25) is 4.79 Å². The number of carbonyl (C=O) groups excluding carboxylic acids is 1. The predicted octanol–water partition coefficient (Wildman–Crippen LogP) is 1.63. The molecule has 19 heavy (non-hydrogen) atoms. The smallest absolute Gasteiger partial charge is 0.239 e. The highest BCUT2D eigenvalue weighted by Crippen LogP contribution is 2.27. The Morgan fingerprint density at radius 3 is 2.79 bits per heavy atom. The molecule has 4 heteroatoms. The minimum Gasteiger partial charge on any atom is -0.370 e. The molecule has 0 saturated carbocycles. The Bertz CT molecular complexity index is 459. The maximum atomic E-state index is 12.1. The van der Waals surface area contributed by atoms with Gasteiger partial charge in [-0.1, -0.05) is 24.3 Å². The summed E-state index contributed by atoms with van der Waals surface area (Å²) in [7, 11) is 0. The van der Waals surface area contributed by atoms with Crippen molar-refractivity contribution in [3.63, 3.8) is 0 Å². The first-order chi connectivity index (χ1) is 9.00. The molecule has 3 atom stereocenters. The molecule has 0 unspecified atom stereocenters. The van der Waals surface area contributed by atoms with E-state index in [9.17, 15) is 4.79 Å². The van der Waals surface area contributed by atoms with Gasteiger partial charge in [0.15, 0.2) is 0 Å². The molecule has 1 aliphatic rings. The predicted molar refractivity (Wildman–Crippen MR) is 74.7 cm³/mol. The first-order valence-electron chi connectivity index (χ1n) is 6.74. The fourth-order valence-electron chi connectivity index (χ4n) is 2.46. The molecule has 0 spiro atoms. The number of aryl methyl sites for hydroxylation is 1. The van der Waals surface area contributed by atoms with E-state index in [2.05, 4.69) is 19.1 Å². The van der Waals surface area contributed by atoms with Gasteiger partial charge in [0.05, 0.1) is 25.2 Å². The van der Waals surface area contributed by atoms with Crippen molar-refractivity contribution in [1.82, 2.24) is 4.90 Å². The van der Waals surface area contributed by atoms with Gasteiger partial charge < -0.3 is 15.4 Å². The number of morpholine rings is 1. The molecule has 0 aromatic heterocycles. The zero-order valence-corrected chi connectivity index (χ0v) is 11.8. The monoisotopic (exact) mass is 262 g/mol. The third-order valence-electron chi connectivity index (χ3n) is 3.64. The molecule has 1 aromatic rings. The average Bonchev–Trinajstić information content (AvgIpc) is 2.39. The van der Waals surface area contributed by atoms with E-state index in [0.29, 0.717) is 13.2 Å². The van der Waals surface area contributed by atoms with Gasteiger partial charge in [-0.05, 0) is 31.9 Å². The summed E-state index contributed by atoms with van der Waals surface area (Å²) in [5.41, 5.74) is 8.05. The number of carbonyl (C=O) groups is 1. The lowest BCUT2D eigenvalue weighted by atomic mass is 10.0. The lowest BCUT2D eigenvalue weighted by molar-refractivity contribution is -0.145. The van der Waals surface area contributed by atoms with E-state index >= 15 is 0 Å². The number of hydrogen-bond donors (Lipinski definition) is 1. The van der Waals surface area contributed by atoms with Crippen molar-refractivity contribution in [3.8, 4) is 0 Å². The Hall–Kier alpha value is -1.39. The summed E-state index contributed by atoms with van der Waals surface area (Å²) in [6, 6.07) is 7.76. The van der Waals surface area contributed by atoms with Crippen molar-refractivity contribution in [2.24, 2.45) is 5.73 Å². The average molecular weight is 262 g/mol. The number of amides is 1. The van der Waals surface area contributed by atoms with E-state index in [0.717, 1.165) is 5.56 Å². The van der Waals surface area contributed by atoms with Gasteiger partial charge in [-0.2, -0.15) is 0 Å². The second-order valence-corrected chi connectivity index (χ2v) is 5.31. The molecule has 1 aromatic carbocycles. The molecule has 4 nitrogen and oxygen atoms in total. The molecule has 0 radical (unpaired) electrons. The Morgan fingerprint density at radius 1 is 1.47 bits per heavy atom. The van der Waals surface area contributed by atoms with Gasteiger partial charge in [0.25, 0.3) is 0 Å². The van der Waals surface area contributed by atoms with E-state index in [1.54, 1.807) is 6.92 Å². The van der Waals surface area contributed by atoms with Crippen molar-refractivity contribution in [2.75, 3.05) is 13.2 Å². The molecular weight excluding hydrogens is 240 g/mol. The molecule has 1 heterocycles. The minimum atomic E-state index is -0.460. The van der Waals surface area contributed by atoms with Crippen LogP contribution in [0.3, 0.4) is 0 Å². The van der Waals surface area contributed by atoms with E-state index in [1.165, 1.54) is 5.56 Å². The van der Waals surface area contributed by atoms with Crippen molar-refractivity contribution in [2.45, 2.75) is 39.0 Å². The summed E-state index contributed by atoms with van der Waals surface area (Å²) in [5, 5.41) is 0. The molecule has 1 amide bonds. The summed E-state index contributed by atoms with van der Waals surface area (Å²) >= 11 is 0. The molecule has 104 valence electrons. The molecule has 2 rings (SSSR count). The Morgan fingerprint density at radius 2 is 2.16 bits per heavy atom. The minimum absolute atomic E-state index is 0.00520. The van der Waals surface area contributed by atoms with Crippen LogP contribution in [0.2, 0.25) is 0 Å². The van der Waals surface area contributed by atoms with Crippen LogP contribution in [-0.4, -0.2) is 36.0 Å². The highest BCUT2D eigenvalue weighted by Gasteiger charge is 2.32. The van der Waals surface area contributed by atoms with Crippen LogP contribution in [0, 0.1) is 6.92 Å². The second kappa shape index (κ2) is 5.72. The molecule has 0 aliphatic carbocycles.